The van der Waals surface area contributed by atoms with Crippen molar-refractivity contribution in [1.82, 2.24) is 0 Å². The Kier molecular flexibility index (Phi) is 7.75. The molecule has 2 heteroatoms. The molecule has 0 saturated heterocycles. The number of hydrogen-bond acceptors (Lipinski definition) is 2. The molecule has 0 spiro atoms. The second-order valence-corrected chi connectivity index (χ2v) is 15.6. The van der Waals surface area contributed by atoms with E-state index in [9.17, 15) is 0 Å². The molecule has 0 saturated carbocycles. The molecule has 0 N–H and O–H groups in total. The highest BCUT2D eigenvalue weighted by molar-refractivity contribution is 7.26. The minimum absolute atomic E-state index is 1.11. The Morgan fingerprint density at radius 3 is 1.64 bits per heavy atom. The predicted octanol–water partition coefficient (Wildman–Crippen LogP) is 16.0. The monoisotopic (exact) mass is 729 g/mol. The number of benzene rings is 10. The molecule has 262 valence electrons. The highest BCUT2D eigenvalue weighted by Crippen LogP contribution is 2.43. The first-order valence-corrected chi connectivity index (χ1v) is 20.0. The Balaban J connectivity index is 1.03. The van der Waals surface area contributed by atoms with Crippen molar-refractivity contribution in [2.75, 3.05) is 4.90 Å². The molecule has 11 aromatic rings. The van der Waals surface area contributed by atoms with Gasteiger partial charge in [0.15, 0.2) is 0 Å². The van der Waals surface area contributed by atoms with Gasteiger partial charge in [0, 0.05) is 37.2 Å². The van der Waals surface area contributed by atoms with E-state index in [-0.39, 0.29) is 0 Å². The highest BCUT2D eigenvalue weighted by atomic mass is 32.1. The van der Waals surface area contributed by atoms with Crippen LogP contribution >= 0.6 is 11.3 Å². The number of anilines is 3. The maximum atomic E-state index is 2.39. The lowest BCUT2D eigenvalue weighted by Gasteiger charge is -2.26. The molecule has 0 aliphatic heterocycles. The zero-order valence-electron chi connectivity index (χ0n) is 30.6. The zero-order valence-corrected chi connectivity index (χ0v) is 31.4. The summed E-state index contributed by atoms with van der Waals surface area (Å²) in [4.78, 5) is 2.39. The van der Waals surface area contributed by atoms with Gasteiger partial charge >= 0.3 is 0 Å². The van der Waals surface area contributed by atoms with Gasteiger partial charge < -0.3 is 4.90 Å². The minimum atomic E-state index is 1.11. The first-order valence-electron chi connectivity index (χ1n) is 19.2. The molecular weight excluding hydrogens is 695 g/mol. The van der Waals surface area contributed by atoms with Crippen LogP contribution < -0.4 is 4.90 Å². The van der Waals surface area contributed by atoms with Crippen molar-refractivity contribution >= 4 is 80.9 Å². The third-order valence-corrected chi connectivity index (χ3v) is 12.5. The molecule has 0 radical (unpaired) electrons. The Labute approximate surface area is 330 Å². The molecule has 0 aliphatic rings. The van der Waals surface area contributed by atoms with Gasteiger partial charge in [0.2, 0.25) is 0 Å². The van der Waals surface area contributed by atoms with Gasteiger partial charge in [0.25, 0.3) is 0 Å². The van der Waals surface area contributed by atoms with Gasteiger partial charge in [-0.25, -0.2) is 0 Å². The van der Waals surface area contributed by atoms with Crippen molar-refractivity contribution in [2.24, 2.45) is 0 Å². The van der Waals surface area contributed by atoms with Crippen LogP contribution in [0, 0.1) is 0 Å². The lowest BCUT2D eigenvalue weighted by atomic mass is 9.93. The summed E-state index contributed by atoms with van der Waals surface area (Å²) in [7, 11) is 0. The van der Waals surface area contributed by atoms with Crippen LogP contribution in [0.15, 0.2) is 212 Å². The Hall–Kier alpha value is -7.00. The summed E-state index contributed by atoms with van der Waals surface area (Å²) in [5.74, 6) is 0. The average molecular weight is 730 g/mol. The van der Waals surface area contributed by atoms with Crippen LogP contribution in [0.1, 0.15) is 0 Å². The van der Waals surface area contributed by atoms with Gasteiger partial charge in [0.1, 0.15) is 0 Å². The Bertz CT molecular complexity index is 3250. The van der Waals surface area contributed by atoms with Crippen LogP contribution in [0.5, 0.6) is 0 Å². The normalized spacial score (nSPS) is 11.6. The quantitative estimate of drug-likeness (QED) is 0.154. The number of nitrogens with zero attached hydrogens (tertiary/aromatic N) is 1. The summed E-state index contributed by atoms with van der Waals surface area (Å²) >= 11 is 1.88. The molecule has 0 bridgehead atoms. The molecular formula is C54H35NS. The van der Waals surface area contributed by atoms with Crippen LogP contribution in [0.2, 0.25) is 0 Å². The molecule has 0 aliphatic carbocycles. The van der Waals surface area contributed by atoms with Crippen molar-refractivity contribution in [3.05, 3.63) is 212 Å². The summed E-state index contributed by atoms with van der Waals surface area (Å²) in [5, 5.41) is 10.2. The van der Waals surface area contributed by atoms with Crippen molar-refractivity contribution < 1.29 is 0 Å². The Morgan fingerprint density at radius 2 is 0.857 bits per heavy atom. The van der Waals surface area contributed by atoms with E-state index in [2.05, 4.69) is 217 Å². The number of hydrogen-bond donors (Lipinski definition) is 0. The van der Waals surface area contributed by atoms with E-state index in [0.717, 1.165) is 17.1 Å². The van der Waals surface area contributed by atoms with Crippen molar-refractivity contribution in [3.63, 3.8) is 0 Å². The molecule has 0 amide bonds. The second-order valence-electron chi connectivity index (χ2n) is 14.5. The van der Waals surface area contributed by atoms with Gasteiger partial charge in [-0.2, -0.15) is 0 Å². The van der Waals surface area contributed by atoms with Gasteiger partial charge in [-0.15, -0.1) is 11.3 Å². The van der Waals surface area contributed by atoms with E-state index in [4.69, 9.17) is 0 Å². The molecule has 0 atom stereocenters. The molecule has 0 fully saturated rings. The maximum Gasteiger partial charge on any atom is 0.0467 e. The minimum Gasteiger partial charge on any atom is -0.310 e. The van der Waals surface area contributed by atoms with Gasteiger partial charge in [0.05, 0.1) is 0 Å². The molecule has 1 heterocycles. The SMILES string of the molecule is c1cc(-c2ccc3ccccc3c2)cc(N(c2ccc(-c3cc4ccccc4c4ccccc34)cc2)c2ccc(-c3cccc4c3sc3ccccc34)cc2)c1. The van der Waals surface area contributed by atoms with E-state index in [0.29, 0.717) is 0 Å². The van der Waals surface area contributed by atoms with Crippen molar-refractivity contribution in [3.8, 4) is 33.4 Å². The molecule has 0 unspecified atom stereocenters. The van der Waals surface area contributed by atoms with Crippen molar-refractivity contribution in [1.29, 1.82) is 0 Å². The third-order valence-electron chi connectivity index (χ3n) is 11.2. The van der Waals surface area contributed by atoms with E-state index < -0.39 is 0 Å². The Morgan fingerprint density at radius 1 is 0.286 bits per heavy atom. The van der Waals surface area contributed by atoms with E-state index in [1.807, 2.05) is 11.3 Å². The largest absolute Gasteiger partial charge is 0.310 e. The van der Waals surface area contributed by atoms with Crippen LogP contribution in [0.4, 0.5) is 17.1 Å². The first kappa shape index (κ1) is 32.4. The smallest absolute Gasteiger partial charge is 0.0467 e. The first-order chi connectivity index (χ1) is 27.7. The lowest BCUT2D eigenvalue weighted by Crippen LogP contribution is -2.10. The van der Waals surface area contributed by atoms with Crippen LogP contribution in [0.3, 0.4) is 0 Å². The third kappa shape index (κ3) is 5.54. The van der Waals surface area contributed by atoms with Gasteiger partial charge in [-0.05, 0) is 120 Å². The predicted molar refractivity (Wildman–Crippen MR) is 243 cm³/mol. The van der Waals surface area contributed by atoms with Crippen LogP contribution in [-0.4, -0.2) is 0 Å². The molecule has 1 aromatic heterocycles. The number of thiophene rings is 1. The number of fused-ring (bicyclic) bond motifs is 7. The van der Waals surface area contributed by atoms with Gasteiger partial charge in [-0.1, -0.05) is 158 Å². The fourth-order valence-electron chi connectivity index (χ4n) is 8.49. The van der Waals surface area contributed by atoms with E-state index in [1.165, 1.54) is 85.9 Å². The molecule has 56 heavy (non-hydrogen) atoms. The lowest BCUT2D eigenvalue weighted by molar-refractivity contribution is 1.28. The maximum absolute atomic E-state index is 2.39. The van der Waals surface area contributed by atoms with Gasteiger partial charge in [-0.3, -0.25) is 0 Å². The molecule has 10 aromatic carbocycles. The average Bonchev–Trinajstić information content (AvgIpc) is 3.66. The van der Waals surface area contributed by atoms with Crippen LogP contribution in [0.25, 0.3) is 85.9 Å². The zero-order chi connectivity index (χ0) is 37.0. The standard InChI is InChI=1S/C54H35NS/c1-2-12-39-33-41(24-23-36(39)11-1)40-14-9-15-45(34-40)55(43-29-25-37(26-30-43)47-20-10-21-51-50-19-7-8-22-53(50)56-54(47)51)44-31-27-38(28-32-44)52-35-42-13-3-4-16-46(42)48-17-5-6-18-49(48)52/h1-35H. The van der Waals surface area contributed by atoms with E-state index in [1.54, 1.807) is 0 Å². The molecule has 11 rings (SSSR count). The van der Waals surface area contributed by atoms with Crippen LogP contribution in [-0.2, 0) is 0 Å². The summed E-state index contributed by atoms with van der Waals surface area (Å²) in [6.45, 7) is 0. The summed E-state index contributed by atoms with van der Waals surface area (Å²) in [6.07, 6.45) is 0. The topological polar surface area (TPSA) is 3.24 Å². The molecule has 1 nitrogen and oxygen atoms in total. The fourth-order valence-corrected chi connectivity index (χ4v) is 9.73. The highest BCUT2D eigenvalue weighted by Gasteiger charge is 2.17. The summed E-state index contributed by atoms with van der Waals surface area (Å²) in [6, 6.07) is 77.7. The number of rotatable bonds is 6. The van der Waals surface area contributed by atoms with Crippen molar-refractivity contribution in [2.45, 2.75) is 0 Å². The second kappa shape index (κ2) is 13.4. The summed E-state index contributed by atoms with van der Waals surface area (Å²) < 4.78 is 2.65. The summed E-state index contributed by atoms with van der Waals surface area (Å²) in [5.41, 5.74) is 10.6. The fraction of sp³-hybridized carbons (Fsp3) is 0. The van der Waals surface area contributed by atoms with E-state index >= 15 is 0 Å².